The molecule has 92 valence electrons. The van der Waals surface area contributed by atoms with Gasteiger partial charge in [-0.2, -0.15) is 0 Å². The predicted octanol–water partition coefficient (Wildman–Crippen LogP) is 2.63. The van der Waals surface area contributed by atoms with Gasteiger partial charge in [-0.15, -0.1) is 0 Å². The third kappa shape index (κ3) is 2.85. The van der Waals surface area contributed by atoms with Crippen molar-refractivity contribution in [1.82, 2.24) is 4.90 Å². The third-order valence-corrected chi connectivity index (χ3v) is 3.66. The van der Waals surface area contributed by atoms with Crippen LogP contribution in [0.2, 0.25) is 0 Å². The lowest BCUT2D eigenvalue weighted by atomic mass is 9.81. The summed E-state index contributed by atoms with van der Waals surface area (Å²) in [5, 5.41) is -0.313. The molecule has 4 heteroatoms. The molecule has 0 bridgehead atoms. The first-order valence-corrected chi connectivity index (χ1v) is 6.09. The van der Waals surface area contributed by atoms with Gasteiger partial charge in [-0.05, 0) is 49.3 Å². The molecule has 0 amide bonds. The van der Waals surface area contributed by atoms with E-state index in [-0.39, 0.29) is 22.9 Å². The van der Waals surface area contributed by atoms with Crippen molar-refractivity contribution >= 4 is 16.8 Å². The first-order valence-electron chi connectivity index (χ1n) is 5.71. The van der Waals surface area contributed by atoms with Crippen LogP contribution < -0.4 is 0 Å². The molecule has 1 fully saturated rings. The molecule has 17 heavy (non-hydrogen) atoms. The van der Waals surface area contributed by atoms with E-state index in [0.717, 1.165) is 25.1 Å². The van der Waals surface area contributed by atoms with E-state index < -0.39 is 0 Å². The van der Waals surface area contributed by atoms with Crippen LogP contribution in [0.25, 0.3) is 0 Å². The molecule has 2 atom stereocenters. The molecule has 0 aromatic heterocycles. The Hall–Kier alpha value is -0.930. The monoisotopic (exact) mass is 255 g/mol. The topological polar surface area (TPSA) is 20.3 Å². The van der Waals surface area contributed by atoms with Crippen molar-refractivity contribution in [3.8, 4) is 0 Å². The van der Waals surface area contributed by atoms with E-state index in [9.17, 15) is 9.18 Å². The minimum absolute atomic E-state index is 0.00514. The second kappa shape index (κ2) is 5.15. The number of likely N-dealkylation sites (N-methyl/N-ethyl adjacent to an activating group) is 1. The molecule has 0 radical (unpaired) electrons. The smallest absolute Gasteiger partial charge is 0.225 e. The molecule has 0 saturated carbocycles. The van der Waals surface area contributed by atoms with Crippen LogP contribution in [-0.4, -0.2) is 30.3 Å². The summed E-state index contributed by atoms with van der Waals surface area (Å²) in [6, 6.07) is 6.44. The molecule has 2 nitrogen and oxygen atoms in total. The maximum absolute atomic E-state index is 13.2. The number of benzene rings is 1. The van der Waals surface area contributed by atoms with Gasteiger partial charge < -0.3 is 4.90 Å². The van der Waals surface area contributed by atoms with Gasteiger partial charge in [-0.25, -0.2) is 4.39 Å². The van der Waals surface area contributed by atoms with Crippen molar-refractivity contribution in [3.63, 3.8) is 0 Å². The molecule has 0 N–H and O–H groups in total. The van der Waals surface area contributed by atoms with Crippen LogP contribution in [0.3, 0.4) is 0 Å². The Morgan fingerprint density at radius 1 is 1.53 bits per heavy atom. The van der Waals surface area contributed by atoms with Crippen LogP contribution in [0.1, 0.15) is 17.9 Å². The first kappa shape index (κ1) is 12.5. The molecule has 1 aromatic rings. The van der Waals surface area contributed by atoms with Gasteiger partial charge in [0.15, 0.2) is 0 Å². The van der Waals surface area contributed by atoms with Gasteiger partial charge in [-0.1, -0.05) is 12.1 Å². The number of nitrogens with zero attached hydrogens (tertiary/aromatic N) is 1. The molecule has 1 aromatic carbocycles. The summed E-state index contributed by atoms with van der Waals surface area (Å²) < 4.78 is 13.2. The van der Waals surface area contributed by atoms with Gasteiger partial charge in [-0.3, -0.25) is 4.79 Å². The third-order valence-electron chi connectivity index (χ3n) is 3.38. The normalized spacial score (nSPS) is 25.8. The van der Waals surface area contributed by atoms with E-state index in [1.165, 1.54) is 12.1 Å². The average molecular weight is 256 g/mol. The molecule has 1 saturated heterocycles. The summed E-state index contributed by atoms with van der Waals surface area (Å²) >= 11 is 5.64. The standard InChI is InChI=1S/C13H15ClFNO/c1-16-6-5-11(13(14)17)12(8-16)9-3-2-4-10(15)7-9/h2-4,7,11-12H,5-6,8H2,1H3/t11-,12+/m1/s1. The quantitative estimate of drug-likeness (QED) is 0.758. The predicted molar refractivity (Wildman–Crippen MR) is 65.6 cm³/mol. The number of carbonyl (C=O) groups excluding carboxylic acids is 1. The maximum atomic E-state index is 13.2. The summed E-state index contributed by atoms with van der Waals surface area (Å²) in [5.74, 6) is -0.472. The molecular weight excluding hydrogens is 241 g/mol. The van der Waals surface area contributed by atoms with Gasteiger partial charge in [0.05, 0.1) is 0 Å². The molecule has 0 spiro atoms. The zero-order valence-corrected chi connectivity index (χ0v) is 10.5. The fraction of sp³-hybridized carbons (Fsp3) is 0.462. The molecule has 1 heterocycles. The van der Waals surface area contributed by atoms with Crippen LogP contribution >= 0.6 is 11.6 Å². The van der Waals surface area contributed by atoms with Crippen LogP contribution in [0.15, 0.2) is 24.3 Å². The molecule has 2 rings (SSSR count). The van der Waals surface area contributed by atoms with Crippen molar-refractivity contribution in [2.75, 3.05) is 20.1 Å². The van der Waals surface area contributed by atoms with Crippen LogP contribution in [-0.2, 0) is 4.79 Å². The molecular formula is C13H15ClFNO. The minimum atomic E-state index is -0.313. The number of halogens is 2. The molecule has 1 aliphatic heterocycles. The number of piperidine rings is 1. The van der Waals surface area contributed by atoms with E-state index >= 15 is 0 Å². The Morgan fingerprint density at radius 3 is 2.94 bits per heavy atom. The zero-order chi connectivity index (χ0) is 12.4. The summed E-state index contributed by atoms with van der Waals surface area (Å²) in [5.41, 5.74) is 0.857. The van der Waals surface area contributed by atoms with Gasteiger partial charge in [0.2, 0.25) is 5.24 Å². The Labute approximate surface area is 105 Å². The van der Waals surface area contributed by atoms with Crippen molar-refractivity contribution < 1.29 is 9.18 Å². The Kier molecular flexibility index (Phi) is 3.79. The Balaban J connectivity index is 2.28. The second-order valence-electron chi connectivity index (χ2n) is 4.62. The highest BCUT2D eigenvalue weighted by molar-refractivity contribution is 6.64. The fourth-order valence-electron chi connectivity index (χ4n) is 2.46. The van der Waals surface area contributed by atoms with Gasteiger partial charge in [0.1, 0.15) is 5.82 Å². The lowest BCUT2D eigenvalue weighted by molar-refractivity contribution is -0.117. The van der Waals surface area contributed by atoms with Crippen molar-refractivity contribution in [2.45, 2.75) is 12.3 Å². The Bertz CT molecular complexity index is 424. The van der Waals surface area contributed by atoms with Gasteiger partial charge in [0, 0.05) is 18.4 Å². The average Bonchev–Trinajstić information content (AvgIpc) is 2.28. The first-order chi connectivity index (χ1) is 8.08. The molecule has 0 unspecified atom stereocenters. The number of hydrogen-bond donors (Lipinski definition) is 0. The Morgan fingerprint density at radius 2 is 2.29 bits per heavy atom. The van der Waals surface area contributed by atoms with Crippen molar-refractivity contribution in [2.24, 2.45) is 5.92 Å². The zero-order valence-electron chi connectivity index (χ0n) is 9.70. The van der Waals surface area contributed by atoms with Crippen LogP contribution in [0.4, 0.5) is 4.39 Å². The number of rotatable bonds is 2. The SMILES string of the molecule is CN1CC[C@@H](C(=O)Cl)[C@H](c2cccc(F)c2)C1. The van der Waals surface area contributed by atoms with Gasteiger partial charge >= 0.3 is 0 Å². The second-order valence-corrected chi connectivity index (χ2v) is 5.00. The highest BCUT2D eigenvalue weighted by Crippen LogP contribution is 2.33. The van der Waals surface area contributed by atoms with E-state index in [4.69, 9.17) is 11.6 Å². The summed E-state index contributed by atoms with van der Waals surface area (Å²) in [4.78, 5) is 13.6. The fourth-order valence-corrected chi connectivity index (χ4v) is 2.72. The summed E-state index contributed by atoms with van der Waals surface area (Å²) in [6.45, 7) is 1.60. The maximum Gasteiger partial charge on any atom is 0.225 e. The number of hydrogen-bond acceptors (Lipinski definition) is 2. The van der Waals surface area contributed by atoms with Crippen molar-refractivity contribution in [3.05, 3.63) is 35.6 Å². The largest absolute Gasteiger partial charge is 0.306 e. The van der Waals surface area contributed by atoms with Gasteiger partial charge in [0.25, 0.3) is 0 Å². The van der Waals surface area contributed by atoms with Crippen LogP contribution in [0.5, 0.6) is 0 Å². The highest BCUT2D eigenvalue weighted by Gasteiger charge is 2.33. The van der Waals surface area contributed by atoms with E-state index in [2.05, 4.69) is 4.90 Å². The van der Waals surface area contributed by atoms with Crippen molar-refractivity contribution in [1.29, 1.82) is 0 Å². The summed E-state index contributed by atoms with van der Waals surface area (Å²) in [6.07, 6.45) is 0.736. The lowest BCUT2D eigenvalue weighted by Crippen LogP contribution is -2.38. The molecule has 0 aliphatic carbocycles. The lowest BCUT2D eigenvalue weighted by Gasteiger charge is -2.35. The van der Waals surface area contributed by atoms with E-state index in [0.29, 0.717) is 0 Å². The van der Waals surface area contributed by atoms with E-state index in [1.54, 1.807) is 6.07 Å². The molecule has 1 aliphatic rings. The highest BCUT2D eigenvalue weighted by atomic mass is 35.5. The van der Waals surface area contributed by atoms with Crippen LogP contribution in [0, 0.1) is 11.7 Å². The minimum Gasteiger partial charge on any atom is -0.306 e. The number of carbonyl (C=O) groups is 1. The summed E-state index contributed by atoms with van der Waals surface area (Å²) in [7, 11) is 2.00. The van der Waals surface area contributed by atoms with E-state index in [1.807, 2.05) is 13.1 Å². The number of likely N-dealkylation sites (tertiary alicyclic amines) is 1.